The number of aromatic nitrogens is 1. The molecule has 2 N–H and O–H groups in total. The van der Waals surface area contributed by atoms with Gasteiger partial charge in [-0.25, -0.2) is 9.78 Å². The average molecular weight is 465 g/mol. The maximum Gasteiger partial charge on any atom is 0.328 e. The molecule has 8 heteroatoms. The van der Waals surface area contributed by atoms with Gasteiger partial charge in [0.2, 0.25) is 0 Å². The fourth-order valence-corrected chi connectivity index (χ4v) is 3.28. The molecule has 0 aliphatic rings. The molecule has 0 unspecified atom stereocenters. The van der Waals surface area contributed by atoms with E-state index in [2.05, 4.69) is 10.3 Å². The van der Waals surface area contributed by atoms with Gasteiger partial charge in [-0.05, 0) is 38.5 Å². The maximum atomic E-state index is 12.8. The van der Waals surface area contributed by atoms with E-state index in [-0.39, 0.29) is 11.4 Å². The van der Waals surface area contributed by atoms with Crippen LogP contribution in [0.1, 0.15) is 41.6 Å². The standard InChI is InChI=1S/C26H28N2O6/c1-16-10-12-20(13-11-16)34-24(19-8-6-5-7-9-19)18(3)33-26(31)17(2)28-25(30)22-23(29)21(32-4)14-15-27-22/h5-15,17-18,24,29H,1-4H3,(H,28,30)/t17-,18-,24-/m0/s1. The first kappa shape index (κ1) is 24.6. The quantitative estimate of drug-likeness (QED) is 0.461. The summed E-state index contributed by atoms with van der Waals surface area (Å²) in [4.78, 5) is 29.2. The molecule has 34 heavy (non-hydrogen) atoms. The Hall–Kier alpha value is -4.07. The lowest BCUT2D eigenvalue weighted by atomic mass is 10.0. The van der Waals surface area contributed by atoms with E-state index in [1.807, 2.05) is 61.5 Å². The monoisotopic (exact) mass is 464 g/mol. The zero-order chi connectivity index (χ0) is 24.7. The average Bonchev–Trinajstić information content (AvgIpc) is 2.84. The third-order valence-corrected chi connectivity index (χ3v) is 5.16. The number of methoxy groups -OCH3 is 1. The first-order chi connectivity index (χ1) is 16.3. The van der Waals surface area contributed by atoms with E-state index < -0.39 is 35.9 Å². The number of pyridine rings is 1. The lowest BCUT2D eigenvalue weighted by molar-refractivity contribution is -0.154. The second-order valence-corrected chi connectivity index (χ2v) is 7.81. The minimum absolute atomic E-state index is 0.1000. The first-order valence-corrected chi connectivity index (χ1v) is 10.8. The lowest BCUT2D eigenvalue weighted by Crippen LogP contribution is -2.42. The Morgan fingerprint density at radius 2 is 1.68 bits per heavy atom. The van der Waals surface area contributed by atoms with Gasteiger partial charge >= 0.3 is 5.97 Å². The molecule has 0 spiro atoms. The molecule has 1 amide bonds. The van der Waals surface area contributed by atoms with Gasteiger partial charge in [-0.15, -0.1) is 0 Å². The second kappa shape index (κ2) is 11.2. The van der Waals surface area contributed by atoms with Gasteiger partial charge in [0.1, 0.15) is 17.9 Å². The number of nitrogens with zero attached hydrogens (tertiary/aromatic N) is 1. The third-order valence-electron chi connectivity index (χ3n) is 5.16. The molecule has 3 rings (SSSR count). The second-order valence-electron chi connectivity index (χ2n) is 7.81. The van der Waals surface area contributed by atoms with Crippen molar-refractivity contribution >= 4 is 11.9 Å². The van der Waals surface area contributed by atoms with Crippen molar-refractivity contribution in [2.24, 2.45) is 0 Å². The van der Waals surface area contributed by atoms with Crippen LogP contribution in [-0.2, 0) is 9.53 Å². The van der Waals surface area contributed by atoms with Crippen molar-refractivity contribution in [2.75, 3.05) is 7.11 Å². The summed E-state index contributed by atoms with van der Waals surface area (Å²) in [5, 5.41) is 12.6. The molecule has 3 atom stereocenters. The minimum atomic E-state index is -1.00. The molecule has 0 fully saturated rings. The van der Waals surface area contributed by atoms with Crippen molar-refractivity contribution in [1.29, 1.82) is 0 Å². The Morgan fingerprint density at radius 3 is 2.32 bits per heavy atom. The molecule has 8 nitrogen and oxygen atoms in total. The largest absolute Gasteiger partial charge is 0.503 e. The number of rotatable bonds is 9. The number of hydrogen-bond acceptors (Lipinski definition) is 7. The van der Waals surface area contributed by atoms with Crippen LogP contribution in [0.15, 0.2) is 66.9 Å². The van der Waals surface area contributed by atoms with Crippen molar-refractivity contribution in [2.45, 2.75) is 39.0 Å². The molecule has 3 aromatic rings. The molecule has 178 valence electrons. The van der Waals surface area contributed by atoms with Gasteiger partial charge in [-0.3, -0.25) is 4.79 Å². The molecule has 0 aliphatic heterocycles. The van der Waals surface area contributed by atoms with Gasteiger partial charge in [0.05, 0.1) is 7.11 Å². The smallest absolute Gasteiger partial charge is 0.328 e. The van der Waals surface area contributed by atoms with Gasteiger partial charge < -0.3 is 24.6 Å². The van der Waals surface area contributed by atoms with E-state index in [0.717, 1.165) is 11.1 Å². The van der Waals surface area contributed by atoms with Gasteiger partial charge in [-0.1, -0.05) is 48.0 Å². The number of benzene rings is 2. The summed E-state index contributed by atoms with van der Waals surface area (Å²) in [7, 11) is 1.36. The van der Waals surface area contributed by atoms with Gasteiger partial charge in [0.15, 0.2) is 23.3 Å². The Kier molecular flexibility index (Phi) is 8.08. The van der Waals surface area contributed by atoms with Gasteiger partial charge in [-0.2, -0.15) is 0 Å². The van der Waals surface area contributed by atoms with E-state index in [0.29, 0.717) is 5.75 Å². The van der Waals surface area contributed by atoms with E-state index in [4.69, 9.17) is 14.2 Å². The summed E-state index contributed by atoms with van der Waals surface area (Å²) >= 11 is 0. The summed E-state index contributed by atoms with van der Waals surface area (Å²) in [5.41, 5.74) is 1.69. The Balaban J connectivity index is 1.70. The molecule has 0 saturated carbocycles. The third kappa shape index (κ3) is 6.04. The van der Waals surface area contributed by atoms with Crippen LogP contribution in [0.5, 0.6) is 17.2 Å². The number of hydrogen-bond donors (Lipinski definition) is 2. The number of amides is 1. The zero-order valence-electron chi connectivity index (χ0n) is 19.5. The van der Waals surface area contributed by atoms with Crippen LogP contribution in [0.2, 0.25) is 0 Å². The van der Waals surface area contributed by atoms with Crippen LogP contribution in [0.3, 0.4) is 0 Å². The number of aromatic hydroxyl groups is 1. The Morgan fingerprint density at radius 1 is 1.00 bits per heavy atom. The van der Waals surface area contributed by atoms with E-state index >= 15 is 0 Å². The van der Waals surface area contributed by atoms with Crippen LogP contribution in [-0.4, -0.2) is 41.2 Å². The molecule has 0 bridgehead atoms. The van der Waals surface area contributed by atoms with Crippen molar-refractivity contribution in [3.05, 3.63) is 83.7 Å². The van der Waals surface area contributed by atoms with Gasteiger partial charge in [0.25, 0.3) is 5.91 Å². The first-order valence-electron chi connectivity index (χ1n) is 10.8. The molecule has 2 aromatic carbocycles. The van der Waals surface area contributed by atoms with E-state index in [1.165, 1.54) is 26.3 Å². The highest BCUT2D eigenvalue weighted by molar-refractivity contribution is 5.97. The van der Waals surface area contributed by atoms with Crippen LogP contribution in [0.25, 0.3) is 0 Å². The van der Waals surface area contributed by atoms with Crippen molar-refractivity contribution in [3.63, 3.8) is 0 Å². The predicted octanol–water partition coefficient (Wildman–Crippen LogP) is 3.97. The van der Waals surface area contributed by atoms with Crippen molar-refractivity contribution < 1.29 is 28.9 Å². The molecule has 0 saturated heterocycles. The highest BCUT2D eigenvalue weighted by Crippen LogP contribution is 2.28. The summed E-state index contributed by atoms with van der Waals surface area (Å²) in [6.45, 7) is 5.20. The summed E-state index contributed by atoms with van der Waals surface area (Å²) in [5.74, 6) is -1.06. The normalized spacial score (nSPS) is 13.3. The number of nitrogens with one attached hydrogen (secondary N) is 1. The molecule has 0 radical (unpaired) electrons. The highest BCUT2D eigenvalue weighted by atomic mass is 16.6. The van der Waals surface area contributed by atoms with Crippen LogP contribution < -0.4 is 14.8 Å². The predicted molar refractivity (Wildman–Crippen MR) is 126 cm³/mol. The molecule has 0 aliphatic carbocycles. The van der Waals surface area contributed by atoms with Crippen LogP contribution >= 0.6 is 0 Å². The summed E-state index contributed by atoms with van der Waals surface area (Å²) < 4.78 is 16.8. The van der Waals surface area contributed by atoms with Crippen LogP contribution in [0, 0.1) is 6.92 Å². The maximum absolute atomic E-state index is 12.8. The molecular weight excluding hydrogens is 436 g/mol. The molecule has 1 heterocycles. The number of carbonyl (C=O) groups excluding carboxylic acids is 2. The Bertz CT molecular complexity index is 1120. The van der Waals surface area contributed by atoms with Crippen LogP contribution in [0.4, 0.5) is 0 Å². The fourth-order valence-electron chi connectivity index (χ4n) is 3.28. The van der Waals surface area contributed by atoms with Crippen molar-refractivity contribution in [1.82, 2.24) is 10.3 Å². The minimum Gasteiger partial charge on any atom is -0.503 e. The summed E-state index contributed by atoms with van der Waals surface area (Å²) in [6.07, 6.45) is 0.0875. The highest BCUT2D eigenvalue weighted by Gasteiger charge is 2.28. The topological polar surface area (TPSA) is 107 Å². The van der Waals surface area contributed by atoms with Crippen molar-refractivity contribution in [3.8, 4) is 17.2 Å². The number of esters is 1. The molecular formula is C26H28N2O6. The summed E-state index contributed by atoms with van der Waals surface area (Å²) in [6, 6.07) is 17.5. The van der Waals surface area contributed by atoms with E-state index in [9.17, 15) is 14.7 Å². The zero-order valence-corrected chi connectivity index (χ0v) is 19.5. The fraction of sp³-hybridized carbons (Fsp3) is 0.269. The SMILES string of the molecule is COc1ccnc(C(=O)N[C@@H](C)C(=O)O[C@@H](C)[C@H](Oc2ccc(C)cc2)c2ccccc2)c1O. The molecule has 1 aromatic heterocycles. The van der Waals surface area contributed by atoms with Gasteiger partial charge in [0, 0.05) is 12.3 Å². The number of ether oxygens (including phenoxy) is 3. The number of carbonyl (C=O) groups is 2. The van der Waals surface area contributed by atoms with E-state index in [1.54, 1.807) is 6.92 Å². The lowest BCUT2D eigenvalue weighted by Gasteiger charge is -2.27. The Labute approximate surface area is 198 Å². The number of aryl methyl sites for hydroxylation is 1.